The zero-order chi connectivity index (χ0) is 10.5. The molecule has 78 valence electrons. The molecule has 0 radical (unpaired) electrons. The van der Waals surface area contributed by atoms with E-state index in [1.165, 1.54) is 0 Å². The monoisotopic (exact) mass is 283 g/mol. The Labute approximate surface area is 101 Å². The second-order valence-corrected chi connectivity index (χ2v) is 4.77. The van der Waals surface area contributed by atoms with E-state index in [0.29, 0.717) is 0 Å². The molecule has 0 saturated heterocycles. The molecule has 0 aliphatic carbocycles. The van der Waals surface area contributed by atoms with Gasteiger partial charge in [0, 0.05) is 24.7 Å². The van der Waals surface area contributed by atoms with Crippen LogP contribution in [-0.2, 0) is 13.1 Å². The van der Waals surface area contributed by atoms with Crippen molar-refractivity contribution in [1.82, 2.24) is 15.3 Å². The molecular weight excluding hydrogens is 274 g/mol. The number of aromatic nitrogens is 2. The van der Waals surface area contributed by atoms with Crippen molar-refractivity contribution >= 4 is 27.3 Å². The van der Waals surface area contributed by atoms with Gasteiger partial charge in [-0.15, -0.1) is 11.3 Å². The molecule has 1 N–H and O–H groups in total. The summed E-state index contributed by atoms with van der Waals surface area (Å²) in [5.74, 6) is 0. The number of hydrogen-bond donors (Lipinski definition) is 1. The van der Waals surface area contributed by atoms with Crippen LogP contribution in [0.4, 0.5) is 0 Å². The van der Waals surface area contributed by atoms with Crippen LogP contribution in [-0.4, -0.2) is 9.97 Å². The maximum Gasteiger partial charge on any atom is 0.106 e. The average Bonchev–Trinajstić information content (AvgIpc) is 2.71. The van der Waals surface area contributed by atoms with Crippen LogP contribution >= 0.6 is 27.3 Å². The highest BCUT2D eigenvalue weighted by molar-refractivity contribution is 9.10. The molecule has 3 nitrogen and oxygen atoms in total. The van der Waals surface area contributed by atoms with Crippen molar-refractivity contribution in [3.05, 3.63) is 45.1 Å². The van der Waals surface area contributed by atoms with E-state index in [1.54, 1.807) is 11.3 Å². The molecule has 0 amide bonds. The van der Waals surface area contributed by atoms with Crippen molar-refractivity contribution in [2.24, 2.45) is 0 Å². The summed E-state index contributed by atoms with van der Waals surface area (Å²) >= 11 is 5.00. The Bertz CT molecular complexity index is 416. The van der Waals surface area contributed by atoms with Crippen molar-refractivity contribution in [3.8, 4) is 0 Å². The first-order valence-corrected chi connectivity index (χ1v) is 6.22. The Balaban J connectivity index is 1.83. The van der Waals surface area contributed by atoms with Gasteiger partial charge in [-0.2, -0.15) is 0 Å². The van der Waals surface area contributed by atoms with Gasteiger partial charge in [-0.1, -0.05) is 6.07 Å². The van der Waals surface area contributed by atoms with Gasteiger partial charge in [0.05, 0.1) is 5.69 Å². The summed E-state index contributed by atoms with van der Waals surface area (Å²) in [7, 11) is 0. The third-order valence-corrected chi connectivity index (χ3v) is 3.06. The van der Waals surface area contributed by atoms with Crippen LogP contribution in [0.5, 0.6) is 0 Å². The standard InChI is InChI=1S/C10H10BrN3S/c11-9-3-1-2-8(14-9)6-12-7-10-13-4-5-15-10/h1-5,12H,6-7H2. The molecule has 2 aromatic heterocycles. The molecule has 0 saturated carbocycles. The fraction of sp³-hybridized carbons (Fsp3) is 0.200. The lowest BCUT2D eigenvalue weighted by Gasteiger charge is -2.02. The molecule has 5 heteroatoms. The molecule has 0 bridgehead atoms. The third-order valence-electron chi connectivity index (χ3n) is 1.84. The van der Waals surface area contributed by atoms with Gasteiger partial charge in [-0.3, -0.25) is 0 Å². The number of pyridine rings is 1. The lowest BCUT2D eigenvalue weighted by Crippen LogP contribution is -2.13. The summed E-state index contributed by atoms with van der Waals surface area (Å²) < 4.78 is 0.871. The van der Waals surface area contributed by atoms with Crippen LogP contribution < -0.4 is 5.32 Å². The Kier molecular flexibility index (Phi) is 3.82. The van der Waals surface area contributed by atoms with Crippen LogP contribution in [0, 0.1) is 0 Å². The lowest BCUT2D eigenvalue weighted by molar-refractivity contribution is 0.675. The topological polar surface area (TPSA) is 37.8 Å². The molecule has 0 aromatic carbocycles. The fourth-order valence-electron chi connectivity index (χ4n) is 1.19. The predicted molar refractivity (Wildman–Crippen MR) is 64.6 cm³/mol. The summed E-state index contributed by atoms with van der Waals surface area (Å²) in [5, 5.41) is 6.38. The Morgan fingerprint density at radius 3 is 3.00 bits per heavy atom. The average molecular weight is 284 g/mol. The van der Waals surface area contributed by atoms with Gasteiger partial charge < -0.3 is 5.32 Å². The third kappa shape index (κ3) is 3.37. The summed E-state index contributed by atoms with van der Waals surface area (Å²) in [6.45, 7) is 1.56. The molecule has 15 heavy (non-hydrogen) atoms. The first-order valence-electron chi connectivity index (χ1n) is 4.55. The summed E-state index contributed by atoms with van der Waals surface area (Å²) in [6.07, 6.45) is 1.82. The Morgan fingerprint density at radius 1 is 1.33 bits per heavy atom. The summed E-state index contributed by atoms with van der Waals surface area (Å²) in [6, 6.07) is 5.90. The quantitative estimate of drug-likeness (QED) is 0.877. The number of hydrogen-bond acceptors (Lipinski definition) is 4. The first-order chi connectivity index (χ1) is 7.34. The van der Waals surface area contributed by atoms with E-state index < -0.39 is 0 Å². The van der Waals surface area contributed by atoms with E-state index in [0.717, 1.165) is 28.4 Å². The smallest absolute Gasteiger partial charge is 0.106 e. The number of rotatable bonds is 4. The van der Waals surface area contributed by atoms with Crippen molar-refractivity contribution in [2.75, 3.05) is 0 Å². The van der Waals surface area contributed by atoms with Crippen LogP contribution in [0.15, 0.2) is 34.4 Å². The fourth-order valence-corrected chi connectivity index (χ4v) is 2.15. The second kappa shape index (κ2) is 5.34. The van der Waals surface area contributed by atoms with Gasteiger partial charge in [-0.05, 0) is 28.1 Å². The van der Waals surface area contributed by atoms with Gasteiger partial charge in [0.25, 0.3) is 0 Å². The van der Waals surface area contributed by atoms with E-state index in [-0.39, 0.29) is 0 Å². The zero-order valence-electron chi connectivity index (χ0n) is 7.98. The molecule has 0 aliphatic heterocycles. The summed E-state index contributed by atoms with van der Waals surface area (Å²) in [5.41, 5.74) is 1.03. The highest BCUT2D eigenvalue weighted by Gasteiger charge is 1.97. The van der Waals surface area contributed by atoms with Crippen molar-refractivity contribution in [2.45, 2.75) is 13.1 Å². The van der Waals surface area contributed by atoms with E-state index in [9.17, 15) is 0 Å². The van der Waals surface area contributed by atoms with Crippen LogP contribution in [0.2, 0.25) is 0 Å². The molecular formula is C10H10BrN3S. The van der Waals surface area contributed by atoms with E-state index in [1.807, 2.05) is 29.8 Å². The molecule has 2 aromatic rings. The van der Waals surface area contributed by atoms with E-state index in [4.69, 9.17) is 0 Å². The van der Waals surface area contributed by atoms with Crippen molar-refractivity contribution in [1.29, 1.82) is 0 Å². The predicted octanol–water partition coefficient (Wildman–Crippen LogP) is 2.59. The van der Waals surface area contributed by atoms with Gasteiger partial charge in [-0.25, -0.2) is 9.97 Å². The largest absolute Gasteiger partial charge is 0.305 e. The molecule has 0 atom stereocenters. The lowest BCUT2D eigenvalue weighted by atomic mass is 10.3. The first kappa shape index (κ1) is 10.7. The Hall–Kier alpha value is -0.780. The number of halogens is 1. The van der Waals surface area contributed by atoms with Crippen LogP contribution in [0.3, 0.4) is 0 Å². The molecule has 2 rings (SSSR count). The maximum absolute atomic E-state index is 4.33. The minimum atomic E-state index is 0.763. The van der Waals surface area contributed by atoms with Gasteiger partial charge in [0.15, 0.2) is 0 Å². The number of nitrogens with one attached hydrogen (secondary N) is 1. The highest BCUT2D eigenvalue weighted by atomic mass is 79.9. The van der Waals surface area contributed by atoms with Crippen LogP contribution in [0.1, 0.15) is 10.7 Å². The molecule has 0 unspecified atom stereocenters. The minimum absolute atomic E-state index is 0.763. The summed E-state index contributed by atoms with van der Waals surface area (Å²) in [4.78, 5) is 8.52. The molecule has 2 heterocycles. The SMILES string of the molecule is Brc1cccc(CNCc2nccs2)n1. The molecule has 0 fully saturated rings. The number of nitrogens with zero attached hydrogens (tertiary/aromatic N) is 2. The normalized spacial score (nSPS) is 10.5. The number of thiazole rings is 1. The minimum Gasteiger partial charge on any atom is -0.305 e. The molecule has 0 aliphatic rings. The van der Waals surface area contributed by atoms with E-state index >= 15 is 0 Å². The van der Waals surface area contributed by atoms with Crippen molar-refractivity contribution in [3.63, 3.8) is 0 Å². The maximum atomic E-state index is 4.33. The Morgan fingerprint density at radius 2 is 2.27 bits per heavy atom. The highest BCUT2D eigenvalue weighted by Crippen LogP contribution is 2.07. The van der Waals surface area contributed by atoms with E-state index in [2.05, 4.69) is 31.2 Å². The second-order valence-electron chi connectivity index (χ2n) is 2.98. The molecule has 0 spiro atoms. The van der Waals surface area contributed by atoms with Crippen molar-refractivity contribution < 1.29 is 0 Å². The zero-order valence-corrected chi connectivity index (χ0v) is 10.4. The van der Waals surface area contributed by atoms with Gasteiger partial charge in [0.1, 0.15) is 9.61 Å². The van der Waals surface area contributed by atoms with Crippen LogP contribution in [0.25, 0.3) is 0 Å². The van der Waals surface area contributed by atoms with Gasteiger partial charge in [0.2, 0.25) is 0 Å². The van der Waals surface area contributed by atoms with Gasteiger partial charge >= 0.3 is 0 Å².